The van der Waals surface area contributed by atoms with Crippen LogP contribution in [0.3, 0.4) is 0 Å². The van der Waals surface area contributed by atoms with Crippen molar-refractivity contribution in [2.45, 2.75) is 31.4 Å². The molecule has 1 aliphatic heterocycles. The van der Waals surface area contributed by atoms with Crippen molar-refractivity contribution in [1.29, 1.82) is 0 Å². The van der Waals surface area contributed by atoms with Crippen LogP contribution < -0.4 is 11.2 Å². The number of ether oxygens (including phenoxy) is 1. The number of fused-ring (bicyclic) bond motifs is 1. The molecule has 1 aromatic carbocycles. The summed E-state index contributed by atoms with van der Waals surface area (Å²) in [5.41, 5.74) is 0.635. The summed E-state index contributed by atoms with van der Waals surface area (Å²) < 4.78 is 12.6. The van der Waals surface area contributed by atoms with E-state index in [1.165, 1.54) is 10.9 Å². The molecule has 4 heterocycles. The van der Waals surface area contributed by atoms with Gasteiger partial charge in [0.25, 0.3) is 5.56 Å². The molecule has 2 atom stereocenters. The number of nitrogens with zero attached hydrogens (tertiary/aromatic N) is 4. The number of H-pyrrole nitrogens is 2. The second-order valence-electron chi connectivity index (χ2n) is 7.15. The molecule has 3 aromatic heterocycles. The van der Waals surface area contributed by atoms with Crippen LogP contribution in [0.5, 0.6) is 0 Å². The number of imidazole rings is 1. The zero-order valence-electron chi connectivity index (χ0n) is 15.7. The molecule has 0 bridgehead atoms. The van der Waals surface area contributed by atoms with Crippen molar-refractivity contribution in [2.24, 2.45) is 0 Å². The second-order valence-corrected chi connectivity index (χ2v) is 7.58. The molecular formula is C19H17ClN6O4. The molecular weight excluding hydrogens is 412 g/mol. The van der Waals surface area contributed by atoms with Crippen molar-refractivity contribution in [3.63, 3.8) is 0 Å². The van der Waals surface area contributed by atoms with Gasteiger partial charge in [-0.3, -0.25) is 19.3 Å². The van der Waals surface area contributed by atoms with E-state index < -0.39 is 5.69 Å². The summed E-state index contributed by atoms with van der Waals surface area (Å²) in [6.07, 6.45) is 2.46. The van der Waals surface area contributed by atoms with Crippen molar-refractivity contribution in [1.82, 2.24) is 29.7 Å². The monoisotopic (exact) mass is 428 g/mol. The molecule has 2 N–H and O–H groups in total. The molecule has 0 saturated carbocycles. The first-order valence-electron chi connectivity index (χ1n) is 9.44. The Morgan fingerprint density at radius 1 is 1.20 bits per heavy atom. The zero-order valence-corrected chi connectivity index (χ0v) is 16.4. The highest BCUT2D eigenvalue weighted by Gasteiger charge is 2.31. The van der Waals surface area contributed by atoms with Gasteiger partial charge in [0.1, 0.15) is 6.33 Å². The summed E-state index contributed by atoms with van der Waals surface area (Å²) in [6, 6.07) is 7.60. The second kappa shape index (κ2) is 7.54. The molecule has 1 saturated heterocycles. The molecule has 4 aromatic rings. The van der Waals surface area contributed by atoms with Crippen molar-refractivity contribution in [3.8, 4) is 0 Å². The van der Waals surface area contributed by atoms with E-state index in [9.17, 15) is 9.59 Å². The summed E-state index contributed by atoms with van der Waals surface area (Å²) in [5, 5.41) is 4.77. The molecule has 1 aliphatic rings. The van der Waals surface area contributed by atoms with Crippen LogP contribution in [0.15, 0.2) is 44.7 Å². The Morgan fingerprint density at radius 3 is 2.87 bits per heavy atom. The van der Waals surface area contributed by atoms with E-state index in [2.05, 4.69) is 25.1 Å². The average molecular weight is 429 g/mol. The van der Waals surface area contributed by atoms with E-state index >= 15 is 0 Å². The van der Waals surface area contributed by atoms with Gasteiger partial charge in [0.2, 0.25) is 5.89 Å². The highest BCUT2D eigenvalue weighted by molar-refractivity contribution is 6.30. The lowest BCUT2D eigenvalue weighted by atomic mass is 10.0. The van der Waals surface area contributed by atoms with Gasteiger partial charge in [0.05, 0.1) is 12.7 Å². The molecule has 0 unspecified atom stereocenters. The van der Waals surface area contributed by atoms with E-state index in [1.54, 1.807) is 0 Å². The molecule has 11 heteroatoms. The minimum atomic E-state index is -0.468. The van der Waals surface area contributed by atoms with Crippen molar-refractivity contribution in [2.75, 3.05) is 6.61 Å². The average Bonchev–Trinajstić information content (AvgIpc) is 3.47. The topological polar surface area (TPSA) is 132 Å². The standard InChI is InChI=1S/C19H17ClN6O4/c20-12-3-1-10(2-4-12)13-7-11(8-29-13)16-22-14(30-25-16)5-6-26-9-21-17-15(18(26)27)23-19(28)24-17/h1-4,9,11,13H,5-8H2,(H2,23,24,28)/t11-,13+/m0/s1. The highest BCUT2D eigenvalue weighted by atomic mass is 35.5. The first kappa shape index (κ1) is 18.8. The summed E-state index contributed by atoms with van der Waals surface area (Å²) in [4.78, 5) is 37.2. The van der Waals surface area contributed by atoms with Crippen LogP contribution in [-0.2, 0) is 17.7 Å². The van der Waals surface area contributed by atoms with Crippen LogP contribution in [0.4, 0.5) is 0 Å². The third-order valence-electron chi connectivity index (χ3n) is 5.16. The number of aromatic amines is 2. The smallest absolute Gasteiger partial charge is 0.325 e. The summed E-state index contributed by atoms with van der Waals surface area (Å²) in [6.45, 7) is 0.804. The fourth-order valence-electron chi connectivity index (χ4n) is 3.58. The molecule has 30 heavy (non-hydrogen) atoms. The number of aryl methyl sites for hydroxylation is 2. The lowest BCUT2D eigenvalue weighted by Gasteiger charge is -2.09. The number of benzene rings is 1. The van der Waals surface area contributed by atoms with Crippen LogP contribution in [0.1, 0.15) is 35.7 Å². The minimum absolute atomic E-state index is 0.0332. The van der Waals surface area contributed by atoms with Gasteiger partial charge in [-0.15, -0.1) is 0 Å². The molecule has 0 spiro atoms. The Hall–Kier alpha value is -3.24. The van der Waals surface area contributed by atoms with Crippen LogP contribution in [0, 0.1) is 0 Å². The molecule has 1 fully saturated rings. The summed E-state index contributed by atoms with van der Waals surface area (Å²) in [7, 11) is 0. The highest BCUT2D eigenvalue weighted by Crippen LogP contribution is 2.37. The normalized spacial score (nSPS) is 19.0. The Morgan fingerprint density at radius 2 is 2.03 bits per heavy atom. The number of hydrogen-bond acceptors (Lipinski definition) is 7. The Bertz CT molecular complexity index is 1310. The molecule has 5 rings (SSSR count). The minimum Gasteiger partial charge on any atom is -0.373 e. The maximum Gasteiger partial charge on any atom is 0.325 e. The van der Waals surface area contributed by atoms with Crippen molar-refractivity contribution < 1.29 is 9.26 Å². The lowest BCUT2D eigenvalue weighted by Crippen LogP contribution is -2.22. The van der Waals surface area contributed by atoms with Gasteiger partial charge in [0.15, 0.2) is 17.0 Å². The third-order valence-corrected chi connectivity index (χ3v) is 5.41. The SMILES string of the molecule is O=c1[nH]c2ncn(CCc3nc([C@@H]4CO[C@@H](c5ccc(Cl)cc5)C4)no3)c(=O)c2[nH]1. The van der Waals surface area contributed by atoms with Crippen LogP contribution in [-0.4, -0.2) is 36.3 Å². The van der Waals surface area contributed by atoms with Gasteiger partial charge in [-0.05, 0) is 24.1 Å². The predicted octanol–water partition coefficient (Wildman–Crippen LogP) is 1.94. The van der Waals surface area contributed by atoms with Crippen LogP contribution >= 0.6 is 11.6 Å². The quantitative estimate of drug-likeness (QED) is 0.496. The fraction of sp³-hybridized carbons (Fsp3) is 0.316. The lowest BCUT2D eigenvalue weighted by molar-refractivity contribution is 0.110. The number of nitrogens with one attached hydrogen (secondary N) is 2. The fourth-order valence-corrected chi connectivity index (χ4v) is 3.70. The van der Waals surface area contributed by atoms with Gasteiger partial charge < -0.3 is 9.26 Å². The van der Waals surface area contributed by atoms with Gasteiger partial charge >= 0.3 is 5.69 Å². The summed E-state index contributed by atoms with van der Waals surface area (Å²) in [5.74, 6) is 1.06. The van der Waals surface area contributed by atoms with E-state index in [4.69, 9.17) is 20.9 Å². The van der Waals surface area contributed by atoms with Gasteiger partial charge in [-0.1, -0.05) is 28.9 Å². The third kappa shape index (κ3) is 3.55. The maximum atomic E-state index is 12.4. The first-order valence-corrected chi connectivity index (χ1v) is 9.81. The largest absolute Gasteiger partial charge is 0.373 e. The Kier molecular flexibility index (Phi) is 4.72. The number of aromatic nitrogens is 6. The van der Waals surface area contributed by atoms with Crippen LogP contribution in [0.2, 0.25) is 5.02 Å². The maximum absolute atomic E-state index is 12.4. The van der Waals surface area contributed by atoms with Gasteiger partial charge in [-0.25, -0.2) is 9.78 Å². The Balaban J connectivity index is 1.25. The van der Waals surface area contributed by atoms with Crippen LogP contribution in [0.25, 0.3) is 11.2 Å². The van der Waals surface area contributed by atoms with Crippen molar-refractivity contribution in [3.05, 3.63) is 73.7 Å². The molecule has 154 valence electrons. The van der Waals surface area contributed by atoms with Crippen molar-refractivity contribution >= 4 is 22.8 Å². The predicted molar refractivity (Wildman–Crippen MR) is 106 cm³/mol. The van der Waals surface area contributed by atoms with E-state index in [0.717, 1.165) is 12.0 Å². The zero-order chi connectivity index (χ0) is 20.7. The van der Waals surface area contributed by atoms with E-state index in [-0.39, 0.29) is 28.7 Å². The number of rotatable bonds is 5. The Labute approximate surface area is 173 Å². The molecule has 0 amide bonds. The van der Waals surface area contributed by atoms with Gasteiger partial charge in [0, 0.05) is 23.9 Å². The summed E-state index contributed by atoms with van der Waals surface area (Å²) >= 11 is 5.94. The molecule has 0 radical (unpaired) electrons. The number of halogens is 1. The van der Waals surface area contributed by atoms with E-state index in [0.29, 0.717) is 36.3 Å². The van der Waals surface area contributed by atoms with E-state index in [1.807, 2.05) is 24.3 Å². The molecule has 10 nitrogen and oxygen atoms in total. The first-order chi connectivity index (χ1) is 14.6. The molecule has 0 aliphatic carbocycles. The number of hydrogen-bond donors (Lipinski definition) is 2. The van der Waals surface area contributed by atoms with Gasteiger partial charge in [-0.2, -0.15) is 4.98 Å².